The van der Waals surface area contributed by atoms with Crippen molar-refractivity contribution in [3.05, 3.63) is 35.4 Å². The van der Waals surface area contributed by atoms with Crippen molar-refractivity contribution in [3.8, 4) is 0 Å². The predicted octanol–water partition coefficient (Wildman–Crippen LogP) is 0.669. The predicted molar refractivity (Wildman–Crippen MR) is 77.0 cm³/mol. The molecule has 6 heteroatoms. The van der Waals surface area contributed by atoms with Crippen molar-refractivity contribution in [1.29, 1.82) is 0 Å². The van der Waals surface area contributed by atoms with Gasteiger partial charge in [0, 0.05) is 20.0 Å². The quantitative estimate of drug-likeness (QED) is 0.743. The number of amides is 2. The van der Waals surface area contributed by atoms with Crippen LogP contribution in [0.25, 0.3) is 0 Å². The van der Waals surface area contributed by atoms with Crippen molar-refractivity contribution < 1.29 is 9.59 Å². The first-order valence-electron chi connectivity index (χ1n) is 5.85. The monoisotopic (exact) mass is 285 g/mol. The van der Waals surface area contributed by atoms with E-state index < -0.39 is 6.04 Å². The molecule has 5 nitrogen and oxygen atoms in total. The second-order valence-electron chi connectivity index (χ2n) is 4.10. The smallest absolute Gasteiger partial charge is 0.241 e. The van der Waals surface area contributed by atoms with E-state index >= 15 is 0 Å². The Morgan fingerprint density at radius 2 is 1.84 bits per heavy atom. The third kappa shape index (κ3) is 5.72. The Morgan fingerprint density at radius 1 is 1.26 bits per heavy atom. The van der Waals surface area contributed by atoms with Gasteiger partial charge in [0.2, 0.25) is 11.8 Å². The van der Waals surface area contributed by atoms with Gasteiger partial charge in [0.15, 0.2) is 0 Å². The van der Waals surface area contributed by atoms with Crippen molar-refractivity contribution in [1.82, 2.24) is 10.6 Å². The third-order valence-corrected chi connectivity index (χ3v) is 2.65. The lowest BCUT2D eigenvalue weighted by molar-refractivity contribution is -0.123. The van der Waals surface area contributed by atoms with Crippen LogP contribution in [0.15, 0.2) is 24.3 Å². The third-order valence-electron chi connectivity index (χ3n) is 2.65. The van der Waals surface area contributed by atoms with E-state index in [1.54, 1.807) is 7.05 Å². The van der Waals surface area contributed by atoms with Gasteiger partial charge in [-0.05, 0) is 12.5 Å². The van der Waals surface area contributed by atoms with Crippen molar-refractivity contribution >= 4 is 24.2 Å². The number of rotatable bonds is 5. The zero-order valence-corrected chi connectivity index (χ0v) is 11.9. The van der Waals surface area contributed by atoms with E-state index in [1.807, 2.05) is 31.2 Å². The Hall–Kier alpha value is -1.59. The maximum Gasteiger partial charge on any atom is 0.241 e. The lowest BCUT2D eigenvalue weighted by Gasteiger charge is -2.12. The fourth-order valence-electron chi connectivity index (χ4n) is 1.46. The topological polar surface area (TPSA) is 84.2 Å². The highest BCUT2D eigenvalue weighted by atomic mass is 35.5. The fraction of sp³-hybridized carbons (Fsp3) is 0.385. The Bertz CT molecular complexity index is 420. The van der Waals surface area contributed by atoms with Gasteiger partial charge in [0.05, 0.1) is 0 Å². The van der Waals surface area contributed by atoms with Crippen LogP contribution >= 0.6 is 12.4 Å². The second kappa shape index (κ2) is 8.50. The molecular formula is C13H20ClN3O2. The van der Waals surface area contributed by atoms with Crippen molar-refractivity contribution in [2.45, 2.75) is 19.4 Å². The number of hydrogen-bond acceptors (Lipinski definition) is 3. The molecule has 106 valence electrons. The summed E-state index contributed by atoms with van der Waals surface area (Å²) in [6.45, 7) is 2.26. The van der Waals surface area contributed by atoms with Crippen LogP contribution in [0.4, 0.5) is 0 Å². The van der Waals surface area contributed by atoms with E-state index in [0.29, 0.717) is 0 Å². The lowest BCUT2D eigenvalue weighted by Crippen LogP contribution is -2.36. The lowest BCUT2D eigenvalue weighted by atomic mass is 10.1. The van der Waals surface area contributed by atoms with Gasteiger partial charge in [-0.15, -0.1) is 12.4 Å². The molecule has 0 saturated carbocycles. The number of nitrogens with one attached hydrogen (secondary N) is 2. The molecule has 0 fully saturated rings. The van der Waals surface area contributed by atoms with Crippen molar-refractivity contribution in [3.63, 3.8) is 0 Å². The first-order valence-corrected chi connectivity index (χ1v) is 5.85. The highest BCUT2D eigenvalue weighted by molar-refractivity contribution is 5.85. The summed E-state index contributed by atoms with van der Waals surface area (Å²) in [5, 5.41) is 5.12. The number of nitrogens with two attached hydrogens (primary N) is 1. The van der Waals surface area contributed by atoms with Crippen molar-refractivity contribution in [2.24, 2.45) is 5.73 Å². The van der Waals surface area contributed by atoms with E-state index in [0.717, 1.165) is 11.1 Å². The van der Waals surface area contributed by atoms with Crippen LogP contribution in [0, 0.1) is 6.92 Å². The van der Waals surface area contributed by atoms with Crippen LogP contribution in [-0.2, 0) is 9.59 Å². The molecule has 1 aromatic carbocycles. The highest BCUT2D eigenvalue weighted by Gasteiger charge is 2.15. The first kappa shape index (κ1) is 17.4. The van der Waals surface area contributed by atoms with Crippen LogP contribution in [0.5, 0.6) is 0 Å². The van der Waals surface area contributed by atoms with Crippen LogP contribution < -0.4 is 16.4 Å². The molecular weight excluding hydrogens is 266 g/mol. The fourth-order valence-corrected chi connectivity index (χ4v) is 1.46. The summed E-state index contributed by atoms with van der Waals surface area (Å²) in [5.74, 6) is -0.387. The van der Waals surface area contributed by atoms with Gasteiger partial charge in [-0.25, -0.2) is 0 Å². The Morgan fingerprint density at radius 3 is 2.37 bits per heavy atom. The summed E-state index contributed by atoms with van der Waals surface area (Å²) in [7, 11) is 1.56. The number of aryl methyl sites for hydroxylation is 1. The molecule has 0 heterocycles. The van der Waals surface area contributed by atoms with Gasteiger partial charge in [-0.3, -0.25) is 9.59 Å². The molecule has 0 aliphatic rings. The summed E-state index contributed by atoms with van der Waals surface area (Å²) in [4.78, 5) is 22.7. The van der Waals surface area contributed by atoms with Crippen LogP contribution in [0.3, 0.4) is 0 Å². The Kier molecular flexibility index (Phi) is 7.79. The Labute approximate surface area is 119 Å². The van der Waals surface area contributed by atoms with E-state index in [9.17, 15) is 9.59 Å². The van der Waals surface area contributed by atoms with E-state index in [4.69, 9.17) is 5.73 Å². The normalized spacial score (nSPS) is 11.1. The number of halogens is 1. The summed E-state index contributed by atoms with van der Waals surface area (Å²) in [6, 6.07) is 6.78. The first-order chi connectivity index (χ1) is 8.54. The largest absolute Gasteiger partial charge is 0.359 e. The van der Waals surface area contributed by atoms with Gasteiger partial charge in [-0.2, -0.15) is 0 Å². The van der Waals surface area contributed by atoms with E-state index in [1.165, 1.54) is 0 Å². The van der Waals surface area contributed by atoms with Crippen LogP contribution in [-0.4, -0.2) is 25.4 Å². The number of carbonyl (C=O) groups is 2. The zero-order valence-electron chi connectivity index (χ0n) is 11.1. The number of hydrogen-bond donors (Lipinski definition) is 3. The van der Waals surface area contributed by atoms with Gasteiger partial charge in [0.1, 0.15) is 6.04 Å². The molecule has 1 atom stereocenters. The minimum absolute atomic E-state index is 0. The molecule has 1 rings (SSSR count). The zero-order chi connectivity index (χ0) is 13.5. The average Bonchev–Trinajstić information content (AvgIpc) is 2.38. The Balaban J connectivity index is 0.00000324. The van der Waals surface area contributed by atoms with Gasteiger partial charge in [0.25, 0.3) is 0 Å². The second-order valence-corrected chi connectivity index (χ2v) is 4.10. The molecule has 0 bridgehead atoms. The minimum atomic E-state index is -0.699. The summed E-state index contributed by atoms with van der Waals surface area (Å²) < 4.78 is 0. The minimum Gasteiger partial charge on any atom is -0.359 e. The molecule has 4 N–H and O–H groups in total. The maximum atomic E-state index is 11.7. The van der Waals surface area contributed by atoms with Gasteiger partial charge >= 0.3 is 0 Å². The molecule has 2 amide bonds. The van der Waals surface area contributed by atoms with E-state index in [2.05, 4.69) is 10.6 Å². The molecule has 0 radical (unpaired) electrons. The molecule has 0 spiro atoms. The summed E-state index contributed by atoms with van der Waals surface area (Å²) in [5.41, 5.74) is 7.70. The van der Waals surface area contributed by atoms with E-state index in [-0.39, 0.29) is 37.2 Å². The number of benzene rings is 1. The standard InChI is InChI=1S/C13H19N3O2.ClH/c1-9-3-5-10(6-4-9)12(14)13(18)16-8-7-11(17)15-2;/h3-6,12H,7-8,14H2,1-2H3,(H,15,17)(H,16,18);1H. The average molecular weight is 286 g/mol. The molecule has 0 aliphatic carbocycles. The molecule has 19 heavy (non-hydrogen) atoms. The van der Waals surface area contributed by atoms with Crippen LogP contribution in [0.2, 0.25) is 0 Å². The number of carbonyl (C=O) groups excluding carboxylic acids is 2. The van der Waals surface area contributed by atoms with Crippen LogP contribution in [0.1, 0.15) is 23.6 Å². The van der Waals surface area contributed by atoms with Crippen molar-refractivity contribution in [2.75, 3.05) is 13.6 Å². The highest BCUT2D eigenvalue weighted by Crippen LogP contribution is 2.11. The maximum absolute atomic E-state index is 11.7. The molecule has 0 saturated heterocycles. The summed E-state index contributed by atoms with van der Waals surface area (Å²) in [6.07, 6.45) is 0.253. The molecule has 1 aromatic rings. The summed E-state index contributed by atoms with van der Waals surface area (Å²) >= 11 is 0. The SMILES string of the molecule is CNC(=O)CCNC(=O)C(N)c1ccc(C)cc1.Cl. The molecule has 0 aromatic heterocycles. The molecule has 0 aliphatic heterocycles. The van der Waals surface area contributed by atoms with Gasteiger partial charge in [-0.1, -0.05) is 29.8 Å². The van der Waals surface area contributed by atoms with Gasteiger partial charge < -0.3 is 16.4 Å². The molecule has 1 unspecified atom stereocenters.